The summed E-state index contributed by atoms with van der Waals surface area (Å²) in [5, 5.41) is 11.4. The first-order valence-corrected chi connectivity index (χ1v) is 3.52. The highest BCUT2D eigenvalue weighted by Gasteiger charge is 2.01. The molecule has 0 aliphatic carbocycles. The number of pyridine rings is 1. The van der Waals surface area contributed by atoms with Crippen LogP contribution in [0.25, 0.3) is 0 Å². The van der Waals surface area contributed by atoms with Gasteiger partial charge in [-0.05, 0) is 6.07 Å². The van der Waals surface area contributed by atoms with E-state index < -0.39 is 0 Å². The van der Waals surface area contributed by atoms with Crippen LogP contribution in [-0.4, -0.2) is 23.5 Å². The topological polar surface area (TPSA) is 54.7 Å². The Labute approximate surface area is 74.4 Å². The van der Waals surface area contributed by atoms with Crippen LogP contribution in [-0.2, 0) is 0 Å². The summed E-state index contributed by atoms with van der Waals surface area (Å²) in [6.45, 7) is 0. The van der Waals surface area contributed by atoms with Gasteiger partial charge in [0.1, 0.15) is 5.02 Å². The monoisotopic (exact) mass is 186 g/mol. The van der Waals surface area contributed by atoms with Gasteiger partial charge in [0, 0.05) is 11.8 Å². The predicted octanol–water partition coefficient (Wildman–Crippen LogP) is 1.55. The minimum absolute atomic E-state index is 0.353. The molecule has 0 fully saturated rings. The number of halogens is 1. The number of ether oxygens (including phenoxy) is 1. The summed E-state index contributed by atoms with van der Waals surface area (Å²) in [4.78, 5) is 3.86. The molecule has 12 heavy (non-hydrogen) atoms. The van der Waals surface area contributed by atoms with Gasteiger partial charge in [-0.15, -0.1) is 0 Å². The highest BCUT2D eigenvalue weighted by atomic mass is 35.5. The molecule has 0 unspecified atom stereocenters. The summed E-state index contributed by atoms with van der Waals surface area (Å²) in [7, 11) is 1.48. The minimum atomic E-state index is 0.353. The second-order valence-corrected chi connectivity index (χ2v) is 2.41. The van der Waals surface area contributed by atoms with Crippen molar-refractivity contribution in [2.45, 2.75) is 0 Å². The van der Waals surface area contributed by atoms with E-state index in [9.17, 15) is 0 Å². The van der Waals surface area contributed by atoms with Gasteiger partial charge in [-0.2, -0.15) is 0 Å². The maximum atomic E-state index is 8.20. The van der Waals surface area contributed by atoms with Crippen molar-refractivity contribution in [3.8, 4) is 5.88 Å². The number of hydrogen-bond acceptors (Lipinski definition) is 4. The Morgan fingerprint density at radius 1 is 1.75 bits per heavy atom. The summed E-state index contributed by atoms with van der Waals surface area (Å²) >= 11 is 5.73. The molecule has 0 aromatic carbocycles. The Bertz CT molecular complexity index is 301. The van der Waals surface area contributed by atoms with Crippen molar-refractivity contribution in [1.82, 2.24) is 4.98 Å². The van der Waals surface area contributed by atoms with E-state index in [1.807, 2.05) is 0 Å². The lowest BCUT2D eigenvalue weighted by molar-refractivity contribution is 0.322. The maximum Gasteiger partial charge on any atom is 0.232 e. The van der Waals surface area contributed by atoms with Gasteiger partial charge < -0.3 is 9.94 Å². The van der Waals surface area contributed by atoms with Crippen molar-refractivity contribution in [3.63, 3.8) is 0 Å². The molecule has 0 amide bonds. The van der Waals surface area contributed by atoms with E-state index >= 15 is 0 Å². The Morgan fingerprint density at radius 2 is 2.50 bits per heavy atom. The van der Waals surface area contributed by atoms with Crippen LogP contribution in [0.3, 0.4) is 0 Å². The molecule has 1 N–H and O–H groups in total. The average molecular weight is 187 g/mol. The summed E-state index contributed by atoms with van der Waals surface area (Å²) < 4.78 is 4.83. The van der Waals surface area contributed by atoms with Crippen LogP contribution in [0.1, 0.15) is 5.56 Å². The van der Waals surface area contributed by atoms with Crippen LogP contribution in [0.5, 0.6) is 5.88 Å². The summed E-state index contributed by atoms with van der Waals surface area (Å²) in [6, 6.07) is 1.59. The Morgan fingerprint density at radius 3 is 3.00 bits per heavy atom. The molecule has 1 aromatic heterocycles. The maximum absolute atomic E-state index is 8.20. The Hall–Kier alpha value is -1.29. The fourth-order valence-electron chi connectivity index (χ4n) is 0.728. The number of hydrogen-bond donors (Lipinski definition) is 1. The lowest BCUT2D eigenvalue weighted by atomic mass is 10.3. The zero-order chi connectivity index (χ0) is 8.97. The molecule has 0 saturated heterocycles. The molecular weight excluding hydrogens is 180 g/mol. The lowest BCUT2D eigenvalue weighted by Gasteiger charge is -2.00. The van der Waals surface area contributed by atoms with Gasteiger partial charge in [0.15, 0.2) is 0 Å². The van der Waals surface area contributed by atoms with Crippen molar-refractivity contribution < 1.29 is 9.94 Å². The predicted molar refractivity (Wildman–Crippen MR) is 45.2 cm³/mol. The highest BCUT2D eigenvalue weighted by molar-refractivity contribution is 6.32. The van der Waals surface area contributed by atoms with Gasteiger partial charge in [-0.25, -0.2) is 4.98 Å². The van der Waals surface area contributed by atoms with Gasteiger partial charge in [-0.3, -0.25) is 0 Å². The number of nitrogens with zero attached hydrogens (tertiary/aromatic N) is 2. The van der Waals surface area contributed by atoms with Crippen molar-refractivity contribution in [1.29, 1.82) is 0 Å². The van der Waals surface area contributed by atoms with Crippen LogP contribution in [0.2, 0.25) is 5.02 Å². The molecule has 0 aliphatic heterocycles. The third-order valence-corrected chi connectivity index (χ3v) is 1.50. The molecule has 1 rings (SSSR count). The Balaban J connectivity index is 3.01. The van der Waals surface area contributed by atoms with E-state index in [1.165, 1.54) is 19.5 Å². The molecule has 0 bridgehead atoms. The van der Waals surface area contributed by atoms with E-state index in [0.717, 1.165) is 0 Å². The van der Waals surface area contributed by atoms with Gasteiger partial charge in [0.25, 0.3) is 0 Å². The normalized spacial score (nSPS) is 10.5. The number of oxime groups is 1. The summed E-state index contributed by atoms with van der Waals surface area (Å²) in [6.07, 6.45) is 2.72. The first-order valence-electron chi connectivity index (χ1n) is 3.15. The average Bonchev–Trinajstić information content (AvgIpc) is 2.05. The molecule has 0 radical (unpaired) electrons. The molecule has 0 aliphatic rings. The minimum Gasteiger partial charge on any atom is -0.480 e. The number of aromatic nitrogens is 1. The van der Waals surface area contributed by atoms with E-state index in [1.54, 1.807) is 6.07 Å². The second kappa shape index (κ2) is 3.92. The van der Waals surface area contributed by atoms with Crippen LogP contribution in [0.15, 0.2) is 17.4 Å². The third-order valence-electron chi connectivity index (χ3n) is 1.23. The summed E-state index contributed by atoms with van der Waals surface area (Å²) in [5.74, 6) is 0.353. The second-order valence-electron chi connectivity index (χ2n) is 2.00. The first-order chi connectivity index (χ1) is 5.77. The first kappa shape index (κ1) is 8.80. The third kappa shape index (κ3) is 1.85. The van der Waals surface area contributed by atoms with Crippen LogP contribution < -0.4 is 4.74 Å². The fraction of sp³-hybridized carbons (Fsp3) is 0.143. The molecule has 64 valence electrons. The quantitative estimate of drug-likeness (QED) is 0.433. The van der Waals surface area contributed by atoms with Crippen molar-refractivity contribution >= 4 is 17.8 Å². The van der Waals surface area contributed by atoms with Crippen molar-refractivity contribution in [3.05, 3.63) is 22.8 Å². The zero-order valence-corrected chi connectivity index (χ0v) is 7.12. The Kier molecular flexibility index (Phi) is 2.88. The number of methoxy groups -OCH3 is 1. The van der Waals surface area contributed by atoms with E-state index in [0.29, 0.717) is 16.5 Å². The lowest BCUT2D eigenvalue weighted by Crippen LogP contribution is -1.90. The van der Waals surface area contributed by atoms with Crippen molar-refractivity contribution in [2.75, 3.05) is 7.11 Å². The SMILES string of the molecule is COc1ncc(/C=N\O)cc1Cl. The molecular formula is C7H7ClN2O2. The van der Waals surface area contributed by atoms with Gasteiger partial charge >= 0.3 is 0 Å². The van der Waals surface area contributed by atoms with E-state index in [4.69, 9.17) is 21.5 Å². The molecule has 1 aromatic rings. The summed E-state index contributed by atoms with van der Waals surface area (Å²) in [5.41, 5.74) is 0.614. The molecule has 5 heteroatoms. The van der Waals surface area contributed by atoms with Crippen molar-refractivity contribution in [2.24, 2.45) is 5.16 Å². The van der Waals surface area contributed by atoms with E-state index in [-0.39, 0.29) is 0 Å². The standard InChI is InChI=1S/C7H7ClN2O2/c1-12-7-6(8)2-5(3-9-7)4-10-11/h2-4,11H,1H3/b10-4-. The van der Waals surface area contributed by atoms with E-state index in [2.05, 4.69) is 10.1 Å². The largest absolute Gasteiger partial charge is 0.480 e. The number of rotatable bonds is 2. The molecule has 4 nitrogen and oxygen atoms in total. The van der Waals surface area contributed by atoms with Crippen LogP contribution in [0, 0.1) is 0 Å². The highest BCUT2D eigenvalue weighted by Crippen LogP contribution is 2.20. The molecule has 1 heterocycles. The fourth-order valence-corrected chi connectivity index (χ4v) is 0.980. The smallest absolute Gasteiger partial charge is 0.232 e. The molecule has 0 spiro atoms. The van der Waals surface area contributed by atoms with Gasteiger partial charge in [0.05, 0.1) is 13.3 Å². The van der Waals surface area contributed by atoms with Crippen LogP contribution in [0.4, 0.5) is 0 Å². The van der Waals surface area contributed by atoms with Gasteiger partial charge in [-0.1, -0.05) is 16.8 Å². The van der Waals surface area contributed by atoms with Gasteiger partial charge in [0.2, 0.25) is 5.88 Å². The zero-order valence-electron chi connectivity index (χ0n) is 6.36. The molecule has 0 saturated carbocycles. The molecule has 0 atom stereocenters. The van der Waals surface area contributed by atoms with Crippen LogP contribution >= 0.6 is 11.6 Å².